The summed E-state index contributed by atoms with van der Waals surface area (Å²) in [6.45, 7) is 0. The van der Waals surface area contributed by atoms with E-state index in [9.17, 15) is 37.5 Å². The van der Waals surface area contributed by atoms with Crippen LogP contribution in [-0.2, 0) is 30.8 Å². The molecule has 3 fully saturated rings. The summed E-state index contributed by atoms with van der Waals surface area (Å²) in [7, 11) is 0. The fraction of sp³-hybridized carbons (Fsp3) is 0.243. The molecule has 270 valence electrons. The summed E-state index contributed by atoms with van der Waals surface area (Å²) in [4.78, 5) is 73.7. The Morgan fingerprint density at radius 2 is 1.68 bits per heavy atom. The summed E-state index contributed by atoms with van der Waals surface area (Å²) >= 11 is 12.5. The van der Waals surface area contributed by atoms with E-state index in [1.165, 1.54) is 12.1 Å². The number of urea groups is 1. The number of carbonyl (C=O) groups is 5. The first-order chi connectivity index (χ1) is 25.2. The SMILES string of the molecule is NC(=O)N1C(=O)[C@H]2[C@H](CC=C3[C@H]2C[C@H]2C(=O)N(Nc4ncc(C(F)(F)F)cc4Cl)C(=O)[C@@]2(c2ccc(Cl)cc2)[C@H]3c2ccc3ccccc3c2O)C1=O. The first-order valence-electron chi connectivity index (χ1n) is 16.4. The average molecular weight is 765 g/mol. The number of benzene rings is 3. The molecule has 4 aliphatic rings. The number of aromatic hydroxyl groups is 1. The molecular formula is C37H26Cl2F3N5O6. The van der Waals surface area contributed by atoms with Crippen molar-refractivity contribution in [3.8, 4) is 5.75 Å². The molecule has 3 heterocycles. The molecule has 0 unspecified atom stereocenters. The van der Waals surface area contributed by atoms with Crippen LogP contribution in [0, 0.1) is 23.7 Å². The molecule has 0 bridgehead atoms. The molecule has 1 saturated carbocycles. The number of phenols is 1. The Kier molecular flexibility index (Phi) is 7.86. The number of imide groups is 4. The number of nitrogens with two attached hydrogens (primary N) is 1. The van der Waals surface area contributed by atoms with Crippen molar-refractivity contribution >= 4 is 69.5 Å². The van der Waals surface area contributed by atoms with Gasteiger partial charge in [0.1, 0.15) is 5.75 Å². The summed E-state index contributed by atoms with van der Waals surface area (Å²) in [5.74, 6) is -9.37. The minimum absolute atomic E-state index is 0.00769. The first kappa shape index (κ1) is 34.6. The lowest BCUT2D eigenvalue weighted by molar-refractivity contribution is -0.140. The Balaban J connectivity index is 1.37. The molecule has 2 aliphatic heterocycles. The number of halogens is 5. The standard InChI is InChI=1S/C37H26Cl2F3N5O6/c38-19-8-6-17(7-9-19)36-25(32(50)47(34(36)52)45-30-26(39)13-18(15-44-30)37(40,41)42)14-24-21(11-12-22-27(24)33(51)46(31(22)49)35(43)53)28(36)23-10-5-16-3-1-2-4-20(16)29(23)48/h1-11,13,15,22,24-25,27-28,48H,12,14H2,(H2,43,53)(H,44,45)/t22-,24+,25-,27-,28+,36+/m0/s1. The molecule has 4 N–H and O–H groups in total. The lowest BCUT2D eigenvalue weighted by Crippen LogP contribution is -2.53. The van der Waals surface area contributed by atoms with Crippen LogP contribution in [0.4, 0.5) is 23.8 Å². The number of alkyl halides is 3. The molecule has 6 amide bonds. The number of carbonyl (C=O) groups excluding carboxylic acids is 5. The van der Waals surface area contributed by atoms with Crippen LogP contribution in [0.2, 0.25) is 10.0 Å². The van der Waals surface area contributed by atoms with E-state index in [0.29, 0.717) is 49.1 Å². The number of nitrogens with one attached hydrogen (secondary N) is 1. The summed E-state index contributed by atoms with van der Waals surface area (Å²) in [6, 6.07) is 15.9. The van der Waals surface area contributed by atoms with E-state index in [0.717, 1.165) is 0 Å². The second kappa shape index (κ2) is 12.0. The number of hydrogen-bond donors (Lipinski definition) is 3. The normalized spacial score (nSPS) is 26.7. The van der Waals surface area contributed by atoms with Crippen molar-refractivity contribution in [1.29, 1.82) is 0 Å². The van der Waals surface area contributed by atoms with Gasteiger partial charge in [-0.3, -0.25) is 24.6 Å². The third kappa shape index (κ3) is 4.95. The maximum atomic E-state index is 15.3. The number of pyridine rings is 1. The van der Waals surface area contributed by atoms with Gasteiger partial charge in [0.15, 0.2) is 5.82 Å². The van der Waals surface area contributed by atoms with Crippen LogP contribution >= 0.6 is 23.2 Å². The van der Waals surface area contributed by atoms with E-state index >= 15 is 4.79 Å². The number of fused-ring (bicyclic) bond motifs is 5. The molecule has 3 aromatic carbocycles. The van der Waals surface area contributed by atoms with Crippen molar-refractivity contribution in [2.45, 2.75) is 30.4 Å². The lowest BCUT2D eigenvalue weighted by atomic mass is 9.49. The predicted molar refractivity (Wildman–Crippen MR) is 184 cm³/mol. The summed E-state index contributed by atoms with van der Waals surface area (Å²) in [5, 5.41) is 13.6. The van der Waals surface area contributed by atoms with Crippen LogP contribution in [-0.4, -0.2) is 49.7 Å². The van der Waals surface area contributed by atoms with Crippen molar-refractivity contribution in [2.75, 3.05) is 5.43 Å². The summed E-state index contributed by atoms with van der Waals surface area (Å²) in [6.07, 6.45) is -2.74. The highest BCUT2D eigenvalue weighted by Gasteiger charge is 2.71. The Bertz CT molecular complexity index is 2340. The van der Waals surface area contributed by atoms with Gasteiger partial charge in [-0.15, -0.1) is 0 Å². The van der Waals surface area contributed by atoms with Gasteiger partial charge in [0, 0.05) is 28.1 Å². The molecule has 2 aliphatic carbocycles. The van der Waals surface area contributed by atoms with Crippen LogP contribution in [0.25, 0.3) is 10.8 Å². The molecule has 0 radical (unpaired) electrons. The van der Waals surface area contributed by atoms with Crippen molar-refractivity contribution in [3.05, 3.63) is 111 Å². The van der Waals surface area contributed by atoms with Crippen molar-refractivity contribution < 1.29 is 42.3 Å². The van der Waals surface area contributed by atoms with Gasteiger partial charge in [-0.2, -0.15) is 23.1 Å². The van der Waals surface area contributed by atoms with Gasteiger partial charge in [0.25, 0.3) is 11.8 Å². The van der Waals surface area contributed by atoms with Gasteiger partial charge in [-0.1, -0.05) is 83.4 Å². The van der Waals surface area contributed by atoms with Gasteiger partial charge >= 0.3 is 12.2 Å². The zero-order valence-corrected chi connectivity index (χ0v) is 28.6. The minimum atomic E-state index is -4.78. The number of primary amides is 1. The number of hydrazine groups is 1. The second-order valence-electron chi connectivity index (χ2n) is 13.5. The zero-order valence-electron chi connectivity index (χ0n) is 27.1. The average Bonchev–Trinajstić information content (AvgIpc) is 3.50. The van der Waals surface area contributed by atoms with Crippen molar-refractivity contribution in [2.24, 2.45) is 29.4 Å². The molecule has 1 aromatic heterocycles. The third-order valence-electron chi connectivity index (χ3n) is 11.0. The maximum absolute atomic E-state index is 15.3. The third-order valence-corrected chi connectivity index (χ3v) is 11.6. The van der Waals surface area contributed by atoms with Gasteiger partial charge in [-0.25, -0.2) is 9.78 Å². The smallest absolute Gasteiger partial charge is 0.417 e. The minimum Gasteiger partial charge on any atom is -0.507 e. The molecule has 53 heavy (non-hydrogen) atoms. The monoisotopic (exact) mass is 763 g/mol. The number of phenolic OH excluding ortho intramolecular Hbond substituents is 1. The summed E-state index contributed by atoms with van der Waals surface area (Å²) < 4.78 is 40.3. The zero-order chi connectivity index (χ0) is 37.7. The predicted octanol–water partition coefficient (Wildman–Crippen LogP) is 6.33. The number of aromatic nitrogens is 1. The van der Waals surface area contributed by atoms with Crippen LogP contribution in [0.15, 0.2) is 84.6 Å². The van der Waals surface area contributed by atoms with E-state index in [1.807, 2.05) is 0 Å². The largest absolute Gasteiger partial charge is 0.507 e. The van der Waals surface area contributed by atoms with E-state index in [1.54, 1.807) is 54.6 Å². The van der Waals surface area contributed by atoms with Crippen molar-refractivity contribution in [3.63, 3.8) is 0 Å². The number of nitrogens with zero attached hydrogens (tertiary/aromatic N) is 3. The highest BCUT2D eigenvalue weighted by Crippen LogP contribution is 2.65. The highest BCUT2D eigenvalue weighted by molar-refractivity contribution is 6.33. The fourth-order valence-corrected chi connectivity index (χ4v) is 9.18. The Morgan fingerprint density at radius 3 is 2.36 bits per heavy atom. The number of rotatable bonds is 4. The first-order valence-corrected chi connectivity index (χ1v) is 17.1. The quantitative estimate of drug-likeness (QED) is 0.161. The maximum Gasteiger partial charge on any atom is 0.417 e. The van der Waals surface area contributed by atoms with E-state index < -0.39 is 87.2 Å². The van der Waals surface area contributed by atoms with Gasteiger partial charge in [0.05, 0.1) is 33.8 Å². The molecule has 2 saturated heterocycles. The Morgan fingerprint density at radius 1 is 0.962 bits per heavy atom. The molecule has 16 heteroatoms. The Labute approximate surface area is 308 Å². The molecular weight excluding hydrogens is 738 g/mol. The number of anilines is 1. The molecule has 0 spiro atoms. The fourth-order valence-electron chi connectivity index (χ4n) is 8.85. The van der Waals surface area contributed by atoms with E-state index in [2.05, 4.69) is 10.4 Å². The van der Waals surface area contributed by atoms with Gasteiger partial charge in [0.2, 0.25) is 11.8 Å². The van der Waals surface area contributed by atoms with Crippen LogP contribution < -0.4 is 11.2 Å². The van der Waals surface area contributed by atoms with E-state index in [4.69, 9.17) is 28.9 Å². The molecule has 4 aromatic rings. The molecule has 8 rings (SSSR count). The number of likely N-dealkylation sites (tertiary alicyclic amines) is 1. The molecule has 11 nitrogen and oxygen atoms in total. The number of amides is 6. The van der Waals surface area contributed by atoms with Crippen LogP contribution in [0.1, 0.15) is 35.4 Å². The van der Waals surface area contributed by atoms with Gasteiger partial charge < -0.3 is 10.8 Å². The molecule has 6 atom stereocenters. The Hall–Kier alpha value is -5.47. The topological polar surface area (TPSA) is 163 Å². The second-order valence-corrected chi connectivity index (χ2v) is 14.3. The van der Waals surface area contributed by atoms with Gasteiger partial charge in [-0.05, 0) is 47.9 Å². The van der Waals surface area contributed by atoms with Crippen molar-refractivity contribution in [1.82, 2.24) is 14.9 Å². The number of hydrogen-bond acceptors (Lipinski definition) is 8. The van der Waals surface area contributed by atoms with Crippen LogP contribution in [0.3, 0.4) is 0 Å². The number of allylic oxidation sites excluding steroid dienone is 2. The summed E-state index contributed by atoms with van der Waals surface area (Å²) in [5.41, 5.74) is 6.01. The van der Waals surface area contributed by atoms with E-state index in [-0.39, 0.29) is 24.2 Å². The highest BCUT2D eigenvalue weighted by atomic mass is 35.5. The van der Waals surface area contributed by atoms with Crippen LogP contribution in [0.5, 0.6) is 5.75 Å². The lowest BCUT2D eigenvalue weighted by Gasteiger charge is -2.50.